The Morgan fingerprint density at radius 3 is 2.37 bits per heavy atom. The Bertz CT molecular complexity index is 1060. The third-order valence-electron chi connectivity index (χ3n) is 4.29. The van der Waals surface area contributed by atoms with Crippen LogP contribution in [0.2, 0.25) is 0 Å². The number of thiazole rings is 1. The topological polar surface area (TPSA) is 86.6 Å². The molecule has 0 saturated carbocycles. The first-order valence-electron chi connectivity index (χ1n) is 9.40. The van der Waals surface area contributed by atoms with Gasteiger partial charge in [0.25, 0.3) is 5.91 Å². The summed E-state index contributed by atoms with van der Waals surface area (Å²) in [5.41, 5.74) is 1.35. The van der Waals surface area contributed by atoms with Crippen LogP contribution in [0.1, 0.15) is 19.0 Å². The van der Waals surface area contributed by atoms with Gasteiger partial charge in [-0.25, -0.2) is 0 Å². The molecule has 1 N–H and O–H groups in total. The van der Waals surface area contributed by atoms with Crippen LogP contribution in [0.25, 0.3) is 0 Å². The van der Waals surface area contributed by atoms with Gasteiger partial charge in [0.05, 0.1) is 6.42 Å². The average molecular weight is 426 g/mol. The van der Waals surface area contributed by atoms with E-state index in [9.17, 15) is 14.4 Å². The van der Waals surface area contributed by atoms with Gasteiger partial charge in [-0.2, -0.15) is 0 Å². The molecule has 3 aromatic rings. The molecule has 0 radical (unpaired) electrons. The van der Waals surface area contributed by atoms with Gasteiger partial charge in [0, 0.05) is 23.3 Å². The van der Waals surface area contributed by atoms with Crippen LogP contribution < -0.4 is 14.9 Å². The highest BCUT2D eigenvalue weighted by molar-refractivity contribution is 7.07. The fourth-order valence-corrected chi connectivity index (χ4v) is 3.42. The number of hydrogen-bond donors (Lipinski definition) is 1. The summed E-state index contributed by atoms with van der Waals surface area (Å²) in [6, 6.07) is 16.2. The first-order chi connectivity index (χ1) is 14.4. The summed E-state index contributed by atoms with van der Waals surface area (Å²) in [5.74, 6) is 0.373. The van der Waals surface area contributed by atoms with Gasteiger partial charge in [-0.05, 0) is 50.2 Å². The summed E-state index contributed by atoms with van der Waals surface area (Å²) in [5, 5.41) is 4.44. The summed E-state index contributed by atoms with van der Waals surface area (Å²) >= 11 is 1.09. The Hall–Kier alpha value is -3.39. The molecule has 0 spiro atoms. The van der Waals surface area contributed by atoms with Crippen LogP contribution in [-0.2, 0) is 20.9 Å². The molecular weight excluding hydrogens is 404 g/mol. The Labute approximate surface area is 177 Å². The van der Waals surface area contributed by atoms with Crippen molar-refractivity contribution in [2.45, 2.75) is 32.9 Å². The van der Waals surface area contributed by atoms with Crippen LogP contribution >= 0.6 is 11.3 Å². The molecule has 1 heterocycles. The Balaban J connectivity index is 1.47. The zero-order valence-corrected chi connectivity index (χ0v) is 17.5. The zero-order valence-electron chi connectivity index (χ0n) is 16.7. The number of amides is 1. The maximum atomic E-state index is 12.3. The van der Waals surface area contributed by atoms with Crippen LogP contribution in [0, 0.1) is 6.92 Å². The van der Waals surface area contributed by atoms with Crippen molar-refractivity contribution in [1.29, 1.82) is 0 Å². The van der Waals surface area contributed by atoms with Crippen molar-refractivity contribution in [3.63, 3.8) is 0 Å². The third-order valence-corrected chi connectivity index (χ3v) is 5.18. The van der Waals surface area contributed by atoms with Gasteiger partial charge in [0.2, 0.25) is 0 Å². The zero-order chi connectivity index (χ0) is 21.5. The second kappa shape index (κ2) is 9.89. The standard InChI is InChI=1S/C22H22N2O5S/c1-15-14-30-22(27)24(15)13-12-20(25)28-16(2)21(26)23-17-8-10-19(11-9-17)29-18-6-4-3-5-7-18/h3-11,14,16H,12-13H2,1-2H3,(H,23,26). The number of carbonyl (C=O) groups excluding carboxylic acids is 2. The number of nitrogens with one attached hydrogen (secondary N) is 1. The molecule has 0 aliphatic carbocycles. The molecule has 0 aliphatic rings. The van der Waals surface area contributed by atoms with E-state index < -0.39 is 18.0 Å². The van der Waals surface area contributed by atoms with E-state index in [1.807, 2.05) is 30.3 Å². The van der Waals surface area contributed by atoms with E-state index in [0.717, 1.165) is 22.8 Å². The molecule has 1 aromatic heterocycles. The highest BCUT2D eigenvalue weighted by Gasteiger charge is 2.18. The second-order valence-corrected chi connectivity index (χ2v) is 7.43. The molecule has 3 rings (SSSR count). The number of hydrogen-bond acceptors (Lipinski definition) is 6. The fourth-order valence-electron chi connectivity index (χ4n) is 2.66. The Kier molecular flexibility index (Phi) is 7.03. The Morgan fingerprint density at radius 2 is 1.73 bits per heavy atom. The van der Waals surface area contributed by atoms with E-state index in [-0.39, 0.29) is 17.8 Å². The van der Waals surface area contributed by atoms with E-state index in [1.54, 1.807) is 36.6 Å². The molecule has 2 aromatic carbocycles. The number of aryl methyl sites for hydroxylation is 1. The van der Waals surface area contributed by atoms with Gasteiger partial charge < -0.3 is 19.4 Å². The molecule has 0 saturated heterocycles. The van der Waals surface area contributed by atoms with Crippen molar-refractivity contribution in [3.8, 4) is 11.5 Å². The van der Waals surface area contributed by atoms with Gasteiger partial charge in [-0.15, -0.1) is 0 Å². The van der Waals surface area contributed by atoms with E-state index in [4.69, 9.17) is 9.47 Å². The van der Waals surface area contributed by atoms with Crippen molar-refractivity contribution in [2.24, 2.45) is 0 Å². The number of aromatic nitrogens is 1. The van der Waals surface area contributed by atoms with Gasteiger partial charge in [0.15, 0.2) is 6.10 Å². The van der Waals surface area contributed by atoms with Crippen molar-refractivity contribution >= 4 is 28.9 Å². The van der Waals surface area contributed by atoms with E-state index in [0.29, 0.717) is 11.4 Å². The van der Waals surface area contributed by atoms with Crippen LogP contribution in [0.3, 0.4) is 0 Å². The summed E-state index contributed by atoms with van der Waals surface area (Å²) in [6.07, 6.45) is -0.946. The maximum Gasteiger partial charge on any atom is 0.308 e. The summed E-state index contributed by atoms with van der Waals surface area (Å²) < 4.78 is 12.4. The molecule has 1 amide bonds. The van der Waals surface area contributed by atoms with Crippen LogP contribution in [0.4, 0.5) is 5.69 Å². The number of ether oxygens (including phenoxy) is 2. The monoisotopic (exact) mass is 426 g/mol. The smallest absolute Gasteiger partial charge is 0.308 e. The summed E-state index contributed by atoms with van der Waals surface area (Å²) in [4.78, 5) is 35.9. The lowest BCUT2D eigenvalue weighted by molar-refractivity contribution is -0.153. The lowest BCUT2D eigenvalue weighted by Crippen LogP contribution is -2.30. The van der Waals surface area contributed by atoms with Crippen LogP contribution in [0.15, 0.2) is 64.8 Å². The number of esters is 1. The number of anilines is 1. The number of para-hydroxylation sites is 1. The summed E-state index contributed by atoms with van der Waals surface area (Å²) in [7, 11) is 0. The quantitative estimate of drug-likeness (QED) is 0.551. The van der Waals surface area contributed by atoms with Crippen LogP contribution in [0.5, 0.6) is 11.5 Å². The molecule has 0 aliphatic heterocycles. The minimum Gasteiger partial charge on any atom is -0.457 e. The minimum atomic E-state index is -0.960. The highest BCUT2D eigenvalue weighted by atomic mass is 32.1. The predicted molar refractivity (Wildman–Crippen MR) is 115 cm³/mol. The van der Waals surface area contributed by atoms with E-state index in [1.165, 1.54) is 11.5 Å². The predicted octanol–water partition coefficient (Wildman–Crippen LogP) is 3.97. The average Bonchev–Trinajstić information content (AvgIpc) is 3.06. The normalized spacial score (nSPS) is 11.5. The van der Waals surface area contributed by atoms with Gasteiger partial charge >= 0.3 is 10.8 Å². The van der Waals surface area contributed by atoms with Gasteiger partial charge in [-0.3, -0.25) is 14.4 Å². The fraction of sp³-hybridized carbons (Fsp3) is 0.227. The van der Waals surface area contributed by atoms with Crippen molar-refractivity contribution in [1.82, 2.24) is 4.57 Å². The van der Waals surface area contributed by atoms with Crippen molar-refractivity contribution < 1.29 is 19.1 Å². The lowest BCUT2D eigenvalue weighted by Gasteiger charge is -2.14. The van der Waals surface area contributed by atoms with Gasteiger partial charge in [0.1, 0.15) is 11.5 Å². The molecule has 1 unspecified atom stereocenters. The lowest BCUT2D eigenvalue weighted by atomic mass is 10.2. The van der Waals surface area contributed by atoms with E-state index >= 15 is 0 Å². The highest BCUT2D eigenvalue weighted by Crippen LogP contribution is 2.22. The van der Waals surface area contributed by atoms with E-state index in [2.05, 4.69) is 5.32 Å². The molecule has 1 atom stereocenters. The molecule has 30 heavy (non-hydrogen) atoms. The Morgan fingerprint density at radius 1 is 1.07 bits per heavy atom. The largest absolute Gasteiger partial charge is 0.457 e. The minimum absolute atomic E-state index is 0.0145. The molecular formula is C22H22N2O5S. The first kappa shape index (κ1) is 21.3. The van der Waals surface area contributed by atoms with Crippen molar-refractivity contribution in [3.05, 3.63) is 75.3 Å². The molecule has 7 nitrogen and oxygen atoms in total. The van der Waals surface area contributed by atoms with Gasteiger partial charge in [-0.1, -0.05) is 29.5 Å². The number of nitrogens with zero attached hydrogens (tertiary/aromatic N) is 1. The number of rotatable bonds is 8. The second-order valence-electron chi connectivity index (χ2n) is 6.61. The molecule has 156 valence electrons. The van der Waals surface area contributed by atoms with Crippen LogP contribution in [-0.4, -0.2) is 22.5 Å². The number of carbonyl (C=O) groups is 2. The summed E-state index contributed by atoms with van der Waals surface area (Å²) in [6.45, 7) is 3.53. The maximum absolute atomic E-state index is 12.3. The SMILES string of the molecule is Cc1csc(=O)n1CCC(=O)OC(C)C(=O)Nc1ccc(Oc2ccccc2)cc1. The molecule has 0 fully saturated rings. The van der Waals surface area contributed by atoms with Crippen molar-refractivity contribution in [2.75, 3.05) is 5.32 Å². The first-order valence-corrected chi connectivity index (χ1v) is 10.3. The third kappa shape index (κ3) is 5.81. The molecule has 8 heteroatoms. The molecule has 0 bridgehead atoms. The number of benzene rings is 2.